The molecule has 0 unspecified atom stereocenters. The molecule has 4 nitrogen and oxygen atoms in total. The van der Waals surface area contributed by atoms with E-state index in [9.17, 15) is 10.2 Å². The molecule has 134 valence electrons. The fourth-order valence-corrected chi connectivity index (χ4v) is 2.92. The second kappa shape index (κ2) is 9.04. The summed E-state index contributed by atoms with van der Waals surface area (Å²) in [7, 11) is 0. The third-order valence-corrected chi connectivity index (χ3v) is 4.33. The summed E-state index contributed by atoms with van der Waals surface area (Å²) in [6.07, 6.45) is 0. The molecular formula is C22H24N2O2. The van der Waals surface area contributed by atoms with Crippen molar-refractivity contribution in [3.63, 3.8) is 0 Å². The molecule has 3 rings (SSSR count). The van der Waals surface area contributed by atoms with Gasteiger partial charge in [0.05, 0.1) is 0 Å². The van der Waals surface area contributed by atoms with E-state index in [0.717, 1.165) is 11.1 Å². The summed E-state index contributed by atoms with van der Waals surface area (Å²) >= 11 is 0. The first kappa shape index (κ1) is 18.0. The molecule has 0 spiro atoms. The maximum absolute atomic E-state index is 10.3. The van der Waals surface area contributed by atoms with Crippen molar-refractivity contribution in [1.82, 2.24) is 10.6 Å². The predicted octanol–water partition coefficient (Wildman–Crippen LogP) is 3.68. The van der Waals surface area contributed by atoms with Crippen LogP contribution in [-0.4, -0.2) is 10.2 Å². The Bertz CT molecular complexity index is 750. The summed E-state index contributed by atoms with van der Waals surface area (Å²) in [5.74, 6) is 0.389. The number of aromatic hydroxyl groups is 2. The second-order valence-electron chi connectivity index (χ2n) is 6.24. The number of hydrogen-bond donors (Lipinski definition) is 4. The van der Waals surface area contributed by atoms with Gasteiger partial charge in [-0.3, -0.25) is 0 Å². The molecule has 0 saturated heterocycles. The van der Waals surface area contributed by atoms with E-state index in [1.807, 2.05) is 36.4 Å². The third kappa shape index (κ3) is 4.85. The van der Waals surface area contributed by atoms with Crippen LogP contribution in [0.1, 0.15) is 22.3 Å². The van der Waals surface area contributed by atoms with Crippen LogP contribution in [0.2, 0.25) is 0 Å². The van der Waals surface area contributed by atoms with Crippen LogP contribution >= 0.6 is 0 Å². The molecule has 0 aliphatic rings. The molecule has 3 aromatic rings. The molecule has 0 atom stereocenters. The fourth-order valence-electron chi connectivity index (χ4n) is 2.92. The van der Waals surface area contributed by atoms with Crippen molar-refractivity contribution in [3.8, 4) is 11.5 Å². The van der Waals surface area contributed by atoms with Crippen molar-refractivity contribution < 1.29 is 10.2 Å². The van der Waals surface area contributed by atoms with Crippen molar-refractivity contribution in [1.29, 1.82) is 0 Å². The fraction of sp³-hybridized carbons (Fsp3) is 0.182. The van der Waals surface area contributed by atoms with Gasteiger partial charge < -0.3 is 20.8 Å². The zero-order valence-corrected chi connectivity index (χ0v) is 14.7. The summed E-state index contributed by atoms with van der Waals surface area (Å²) in [5, 5.41) is 27.2. The minimum absolute atomic E-state index is 0.194. The van der Waals surface area contributed by atoms with Gasteiger partial charge in [-0.1, -0.05) is 60.7 Å². The van der Waals surface area contributed by atoms with Crippen molar-refractivity contribution in [2.24, 2.45) is 0 Å². The van der Waals surface area contributed by atoms with E-state index >= 15 is 0 Å². The van der Waals surface area contributed by atoms with Crippen LogP contribution in [0.25, 0.3) is 0 Å². The van der Waals surface area contributed by atoms with Crippen LogP contribution in [0.15, 0.2) is 72.8 Å². The van der Waals surface area contributed by atoms with Crippen molar-refractivity contribution >= 4 is 0 Å². The quantitative estimate of drug-likeness (QED) is 0.469. The lowest BCUT2D eigenvalue weighted by Gasteiger charge is -2.15. The molecule has 0 amide bonds. The molecular weight excluding hydrogens is 324 g/mol. The van der Waals surface area contributed by atoms with Gasteiger partial charge in [0.1, 0.15) is 11.5 Å². The monoisotopic (exact) mass is 348 g/mol. The highest BCUT2D eigenvalue weighted by molar-refractivity contribution is 5.47. The Labute approximate surface area is 154 Å². The first-order valence-electron chi connectivity index (χ1n) is 8.76. The first-order valence-corrected chi connectivity index (χ1v) is 8.76. The molecule has 4 N–H and O–H groups in total. The van der Waals surface area contributed by atoms with E-state index in [2.05, 4.69) is 34.9 Å². The Morgan fingerprint density at radius 3 is 1.27 bits per heavy atom. The molecule has 0 aliphatic heterocycles. The highest BCUT2D eigenvalue weighted by atomic mass is 16.3. The molecule has 3 aromatic carbocycles. The molecule has 0 saturated carbocycles. The number of rotatable bonds is 8. The zero-order chi connectivity index (χ0) is 18.2. The first-order chi connectivity index (χ1) is 12.7. The number of benzene rings is 3. The Kier molecular flexibility index (Phi) is 6.25. The van der Waals surface area contributed by atoms with E-state index < -0.39 is 0 Å². The van der Waals surface area contributed by atoms with Crippen LogP contribution in [0.4, 0.5) is 0 Å². The standard InChI is InChI=1S/C22H24N2O2/c25-21-11-12-22(26)20(16-24-14-18-9-5-2-6-10-18)19(21)15-23-13-17-7-3-1-4-8-17/h1-12,23-26H,13-16H2. The number of phenolic OH excluding ortho intramolecular Hbond substituents is 2. The van der Waals surface area contributed by atoms with Crippen molar-refractivity contribution in [3.05, 3.63) is 95.1 Å². The number of nitrogens with one attached hydrogen (secondary N) is 2. The molecule has 0 aliphatic carbocycles. The Balaban J connectivity index is 1.63. The molecule has 0 heterocycles. The lowest BCUT2D eigenvalue weighted by atomic mass is 10.0. The van der Waals surface area contributed by atoms with Gasteiger partial charge in [-0.25, -0.2) is 0 Å². The van der Waals surface area contributed by atoms with Gasteiger partial charge in [0, 0.05) is 37.3 Å². The second-order valence-corrected chi connectivity index (χ2v) is 6.24. The van der Waals surface area contributed by atoms with Gasteiger partial charge in [-0.05, 0) is 23.3 Å². The summed E-state index contributed by atoms with van der Waals surface area (Å²) in [6, 6.07) is 23.3. The number of phenols is 2. The van der Waals surface area contributed by atoms with Crippen LogP contribution in [0.3, 0.4) is 0 Å². The highest BCUT2D eigenvalue weighted by Gasteiger charge is 2.12. The topological polar surface area (TPSA) is 64.5 Å². The van der Waals surface area contributed by atoms with Gasteiger partial charge in [-0.2, -0.15) is 0 Å². The normalized spacial score (nSPS) is 10.8. The number of hydrogen-bond acceptors (Lipinski definition) is 4. The smallest absolute Gasteiger partial charge is 0.120 e. The van der Waals surface area contributed by atoms with E-state index in [1.165, 1.54) is 23.3 Å². The Hall–Kier alpha value is -2.82. The van der Waals surface area contributed by atoms with Gasteiger partial charge >= 0.3 is 0 Å². The summed E-state index contributed by atoms with van der Waals surface area (Å²) in [4.78, 5) is 0. The molecule has 0 bridgehead atoms. The summed E-state index contributed by atoms with van der Waals surface area (Å²) in [5.41, 5.74) is 3.80. The predicted molar refractivity (Wildman–Crippen MR) is 104 cm³/mol. The van der Waals surface area contributed by atoms with Gasteiger partial charge in [-0.15, -0.1) is 0 Å². The van der Waals surface area contributed by atoms with Gasteiger partial charge in [0.15, 0.2) is 0 Å². The molecule has 0 radical (unpaired) electrons. The lowest BCUT2D eigenvalue weighted by Crippen LogP contribution is -2.18. The van der Waals surface area contributed by atoms with E-state index in [0.29, 0.717) is 26.2 Å². The summed E-state index contributed by atoms with van der Waals surface area (Å²) < 4.78 is 0. The molecule has 0 aromatic heterocycles. The SMILES string of the molecule is Oc1ccc(O)c(CNCc2ccccc2)c1CNCc1ccccc1. The maximum Gasteiger partial charge on any atom is 0.120 e. The largest absolute Gasteiger partial charge is 0.508 e. The van der Waals surface area contributed by atoms with Crippen molar-refractivity contribution in [2.45, 2.75) is 26.2 Å². The average molecular weight is 348 g/mol. The van der Waals surface area contributed by atoms with E-state index in [-0.39, 0.29) is 11.5 Å². The van der Waals surface area contributed by atoms with Crippen LogP contribution in [0, 0.1) is 0 Å². The van der Waals surface area contributed by atoms with Crippen LogP contribution < -0.4 is 10.6 Å². The van der Waals surface area contributed by atoms with Gasteiger partial charge in [0.2, 0.25) is 0 Å². The molecule has 0 fully saturated rings. The lowest BCUT2D eigenvalue weighted by molar-refractivity contribution is 0.441. The van der Waals surface area contributed by atoms with Gasteiger partial charge in [0.25, 0.3) is 0 Å². The molecule has 4 heteroatoms. The average Bonchev–Trinajstić information content (AvgIpc) is 2.68. The minimum atomic E-state index is 0.194. The van der Waals surface area contributed by atoms with Crippen molar-refractivity contribution in [2.75, 3.05) is 0 Å². The van der Waals surface area contributed by atoms with Crippen LogP contribution in [-0.2, 0) is 26.2 Å². The highest BCUT2D eigenvalue weighted by Crippen LogP contribution is 2.29. The summed E-state index contributed by atoms with van der Waals surface area (Å²) in [6.45, 7) is 2.37. The Morgan fingerprint density at radius 1 is 0.500 bits per heavy atom. The Morgan fingerprint density at radius 2 is 0.885 bits per heavy atom. The zero-order valence-electron chi connectivity index (χ0n) is 14.7. The van der Waals surface area contributed by atoms with Crippen LogP contribution in [0.5, 0.6) is 11.5 Å². The van der Waals surface area contributed by atoms with E-state index in [4.69, 9.17) is 0 Å². The van der Waals surface area contributed by atoms with E-state index in [1.54, 1.807) is 0 Å². The third-order valence-electron chi connectivity index (χ3n) is 4.33. The molecule has 26 heavy (non-hydrogen) atoms. The maximum atomic E-state index is 10.3. The minimum Gasteiger partial charge on any atom is -0.508 e.